The van der Waals surface area contributed by atoms with E-state index in [-0.39, 0.29) is 0 Å². The van der Waals surface area contributed by atoms with Crippen LogP contribution in [0.3, 0.4) is 0 Å². The van der Waals surface area contributed by atoms with Crippen molar-refractivity contribution in [3.63, 3.8) is 0 Å². The molecule has 0 saturated heterocycles. The van der Waals surface area contributed by atoms with E-state index in [0.29, 0.717) is 0 Å². The molecule has 88 valence electrons. The van der Waals surface area contributed by atoms with Crippen molar-refractivity contribution in [3.8, 4) is 0 Å². The molecule has 3 heterocycles. The van der Waals surface area contributed by atoms with E-state index in [1.807, 2.05) is 48.8 Å². The van der Waals surface area contributed by atoms with E-state index in [2.05, 4.69) is 20.8 Å². The number of pyridine rings is 2. The van der Waals surface area contributed by atoms with Crippen molar-refractivity contribution in [1.29, 1.82) is 0 Å². The standard InChI is InChI=1S/C14H10N2S2/c1-3-7-15-11(5-1)13-9-17-10-14(18-13)12-6-2-4-8-16-12/h1-10H. The first-order valence-electron chi connectivity index (χ1n) is 5.50. The average molecular weight is 270 g/mol. The third-order valence-corrected chi connectivity index (χ3v) is 4.54. The molecule has 0 spiro atoms. The van der Waals surface area contributed by atoms with Crippen molar-refractivity contribution in [2.75, 3.05) is 0 Å². The molecule has 0 N–H and O–H groups in total. The summed E-state index contributed by atoms with van der Waals surface area (Å²) < 4.78 is 0. The molecule has 4 heteroatoms. The number of aromatic nitrogens is 2. The van der Waals surface area contributed by atoms with Crippen LogP contribution in [0.25, 0.3) is 9.81 Å². The first kappa shape index (κ1) is 11.6. The zero-order valence-corrected chi connectivity index (χ0v) is 11.1. The molecule has 2 aromatic rings. The molecule has 3 rings (SSSR count). The summed E-state index contributed by atoms with van der Waals surface area (Å²) in [5.41, 5.74) is 2.02. The highest BCUT2D eigenvalue weighted by molar-refractivity contribution is 8.20. The predicted molar refractivity (Wildman–Crippen MR) is 79.6 cm³/mol. The summed E-state index contributed by atoms with van der Waals surface area (Å²) >= 11 is 3.39. The van der Waals surface area contributed by atoms with Crippen molar-refractivity contribution in [3.05, 3.63) is 71.0 Å². The van der Waals surface area contributed by atoms with Gasteiger partial charge in [-0.05, 0) is 35.1 Å². The zero-order chi connectivity index (χ0) is 12.2. The molecule has 0 bridgehead atoms. The molecule has 1 aliphatic heterocycles. The average Bonchev–Trinajstić information content (AvgIpc) is 2.49. The fourth-order valence-corrected chi connectivity index (χ4v) is 3.53. The Morgan fingerprint density at radius 3 is 1.72 bits per heavy atom. The summed E-state index contributed by atoms with van der Waals surface area (Å²) in [6, 6.07) is 11.9. The molecule has 0 aromatic carbocycles. The van der Waals surface area contributed by atoms with E-state index in [4.69, 9.17) is 0 Å². The van der Waals surface area contributed by atoms with Crippen LogP contribution in [0.5, 0.6) is 0 Å². The predicted octanol–water partition coefficient (Wildman–Crippen LogP) is 4.25. The van der Waals surface area contributed by atoms with Gasteiger partial charge in [0.05, 0.1) is 11.4 Å². The van der Waals surface area contributed by atoms with Gasteiger partial charge in [-0.1, -0.05) is 23.9 Å². The number of rotatable bonds is 2. The highest BCUT2D eigenvalue weighted by Gasteiger charge is 2.13. The van der Waals surface area contributed by atoms with Crippen molar-refractivity contribution in [2.24, 2.45) is 0 Å². The van der Waals surface area contributed by atoms with Gasteiger partial charge in [-0.25, -0.2) is 0 Å². The van der Waals surface area contributed by atoms with Crippen LogP contribution in [-0.2, 0) is 0 Å². The van der Waals surface area contributed by atoms with Gasteiger partial charge in [0.25, 0.3) is 0 Å². The zero-order valence-electron chi connectivity index (χ0n) is 9.48. The minimum absolute atomic E-state index is 1.01. The lowest BCUT2D eigenvalue weighted by atomic mass is 10.3. The van der Waals surface area contributed by atoms with E-state index >= 15 is 0 Å². The quantitative estimate of drug-likeness (QED) is 0.814. The molecular weight excluding hydrogens is 260 g/mol. The van der Waals surface area contributed by atoms with Gasteiger partial charge < -0.3 is 0 Å². The molecule has 2 nitrogen and oxygen atoms in total. The summed E-state index contributed by atoms with van der Waals surface area (Å²) in [6.07, 6.45) is 3.64. The Kier molecular flexibility index (Phi) is 3.48. The smallest absolute Gasteiger partial charge is 0.0774 e. The Morgan fingerprint density at radius 1 is 0.722 bits per heavy atom. The second-order valence-corrected chi connectivity index (χ2v) is 5.46. The lowest BCUT2D eigenvalue weighted by Crippen LogP contribution is -1.90. The van der Waals surface area contributed by atoms with Crippen molar-refractivity contribution in [2.45, 2.75) is 0 Å². The van der Waals surface area contributed by atoms with E-state index in [9.17, 15) is 0 Å². The van der Waals surface area contributed by atoms with Crippen molar-refractivity contribution in [1.82, 2.24) is 9.97 Å². The number of thioether (sulfide) groups is 2. The molecule has 0 saturated carbocycles. The molecule has 0 amide bonds. The van der Waals surface area contributed by atoms with E-state index < -0.39 is 0 Å². The van der Waals surface area contributed by atoms with Gasteiger partial charge >= 0.3 is 0 Å². The summed E-state index contributed by atoms with van der Waals surface area (Å²) in [6.45, 7) is 0. The van der Waals surface area contributed by atoms with Crippen LogP contribution in [-0.4, -0.2) is 9.97 Å². The van der Waals surface area contributed by atoms with Crippen molar-refractivity contribution >= 4 is 33.3 Å². The van der Waals surface area contributed by atoms with E-state index in [0.717, 1.165) is 11.4 Å². The molecular formula is C14H10N2S2. The largest absolute Gasteiger partial charge is 0.256 e. The number of nitrogens with zero attached hydrogens (tertiary/aromatic N) is 2. The fourth-order valence-electron chi connectivity index (χ4n) is 1.57. The van der Waals surface area contributed by atoms with Gasteiger partial charge in [-0.3, -0.25) is 9.97 Å². The van der Waals surface area contributed by atoms with Gasteiger partial charge in [0.2, 0.25) is 0 Å². The van der Waals surface area contributed by atoms with Gasteiger partial charge in [-0.15, -0.1) is 11.8 Å². The fraction of sp³-hybridized carbons (Fsp3) is 0. The Hall–Kier alpha value is -1.52. The van der Waals surface area contributed by atoms with Gasteiger partial charge in [-0.2, -0.15) is 0 Å². The van der Waals surface area contributed by atoms with Gasteiger partial charge in [0, 0.05) is 22.2 Å². The van der Waals surface area contributed by atoms with Crippen LogP contribution in [0.1, 0.15) is 11.4 Å². The highest BCUT2D eigenvalue weighted by Crippen LogP contribution is 2.44. The van der Waals surface area contributed by atoms with E-state index in [1.54, 1.807) is 23.5 Å². The first-order chi connectivity index (χ1) is 8.93. The third-order valence-electron chi connectivity index (χ3n) is 2.40. The Labute approximate surface area is 114 Å². The lowest BCUT2D eigenvalue weighted by Gasteiger charge is -2.13. The van der Waals surface area contributed by atoms with Crippen LogP contribution >= 0.6 is 23.5 Å². The van der Waals surface area contributed by atoms with Gasteiger partial charge in [0.1, 0.15) is 0 Å². The summed E-state index contributed by atoms with van der Waals surface area (Å²) in [4.78, 5) is 11.1. The Balaban J connectivity index is 1.85. The van der Waals surface area contributed by atoms with Crippen molar-refractivity contribution < 1.29 is 0 Å². The molecule has 0 fully saturated rings. The molecule has 0 unspecified atom stereocenters. The van der Waals surface area contributed by atoms with Crippen LogP contribution in [0, 0.1) is 0 Å². The first-order valence-corrected chi connectivity index (χ1v) is 7.26. The van der Waals surface area contributed by atoms with Crippen LogP contribution < -0.4 is 0 Å². The summed E-state index contributed by atoms with van der Waals surface area (Å²) in [5, 5.41) is 4.25. The van der Waals surface area contributed by atoms with Gasteiger partial charge in [0.15, 0.2) is 0 Å². The molecule has 0 atom stereocenters. The maximum Gasteiger partial charge on any atom is 0.0774 e. The number of hydrogen-bond donors (Lipinski definition) is 0. The molecule has 2 aromatic heterocycles. The maximum atomic E-state index is 4.38. The Morgan fingerprint density at radius 2 is 1.28 bits per heavy atom. The van der Waals surface area contributed by atoms with E-state index in [1.165, 1.54) is 9.81 Å². The lowest BCUT2D eigenvalue weighted by molar-refractivity contribution is 1.29. The monoisotopic (exact) mass is 270 g/mol. The minimum Gasteiger partial charge on any atom is -0.256 e. The molecule has 0 radical (unpaired) electrons. The SMILES string of the molecule is C1=C(c2ccccn2)SC(c2ccccn2)=CS1. The highest BCUT2D eigenvalue weighted by atomic mass is 32.2. The topological polar surface area (TPSA) is 25.8 Å². The maximum absolute atomic E-state index is 4.38. The van der Waals surface area contributed by atoms with Crippen LogP contribution in [0.15, 0.2) is 59.6 Å². The van der Waals surface area contributed by atoms with Crippen LogP contribution in [0.2, 0.25) is 0 Å². The van der Waals surface area contributed by atoms with Crippen LogP contribution in [0.4, 0.5) is 0 Å². The summed E-state index contributed by atoms with van der Waals surface area (Å²) in [5.74, 6) is 0. The third kappa shape index (κ3) is 2.49. The minimum atomic E-state index is 1.01. The second kappa shape index (κ2) is 5.42. The molecule has 18 heavy (non-hydrogen) atoms. The normalized spacial score (nSPS) is 14.9. The summed E-state index contributed by atoms with van der Waals surface area (Å²) in [7, 11) is 0. The second-order valence-electron chi connectivity index (χ2n) is 3.63. The Bertz CT molecular complexity index is 538. The molecule has 1 aliphatic rings. The number of hydrogen-bond acceptors (Lipinski definition) is 4. The molecule has 0 aliphatic carbocycles.